The van der Waals surface area contributed by atoms with Gasteiger partial charge in [-0.1, -0.05) is 23.2 Å². The van der Waals surface area contributed by atoms with Crippen LogP contribution in [0.3, 0.4) is 0 Å². The number of halogens is 2. The summed E-state index contributed by atoms with van der Waals surface area (Å²) < 4.78 is 26.4. The lowest BCUT2D eigenvalue weighted by Gasteiger charge is -2.09. The Morgan fingerprint density at radius 1 is 1.17 bits per heavy atom. The third-order valence-electron chi connectivity index (χ3n) is 2.03. The first-order valence-electron chi connectivity index (χ1n) is 4.73. The minimum atomic E-state index is -3.84. The fourth-order valence-electron chi connectivity index (χ4n) is 1.22. The monoisotopic (exact) mass is 303 g/mol. The third kappa shape index (κ3) is 2.72. The van der Waals surface area contributed by atoms with Crippen LogP contribution in [0.25, 0.3) is 0 Å². The number of rotatable bonds is 3. The van der Waals surface area contributed by atoms with Crippen molar-refractivity contribution in [2.45, 2.75) is 4.90 Å². The highest BCUT2D eigenvalue weighted by Crippen LogP contribution is 2.25. The van der Waals surface area contributed by atoms with Gasteiger partial charge in [0.2, 0.25) is 0 Å². The van der Waals surface area contributed by atoms with Crippen LogP contribution in [-0.4, -0.2) is 18.4 Å². The van der Waals surface area contributed by atoms with E-state index in [1.807, 2.05) is 0 Å². The lowest BCUT2D eigenvalue weighted by Crippen LogP contribution is -2.14. The maximum Gasteiger partial charge on any atom is 0.265 e. The van der Waals surface area contributed by atoms with Crippen LogP contribution in [-0.2, 0) is 10.0 Å². The molecule has 0 atom stereocenters. The Morgan fingerprint density at radius 3 is 2.61 bits per heavy atom. The maximum atomic E-state index is 12.1. The van der Waals surface area contributed by atoms with Crippen LogP contribution in [0.1, 0.15) is 0 Å². The van der Waals surface area contributed by atoms with Crippen LogP contribution in [0.15, 0.2) is 41.7 Å². The van der Waals surface area contributed by atoms with E-state index in [9.17, 15) is 8.42 Å². The SMILES string of the molecule is O=S(=O)(Nc1cccnc1Cl)c1cnccc1Cl. The summed E-state index contributed by atoms with van der Waals surface area (Å²) in [6.45, 7) is 0. The molecule has 0 aliphatic heterocycles. The summed E-state index contributed by atoms with van der Waals surface area (Å²) in [5, 5.41) is 0.138. The predicted molar refractivity (Wildman–Crippen MR) is 69.3 cm³/mol. The Bertz CT molecular complexity index is 676. The molecule has 0 amide bonds. The van der Waals surface area contributed by atoms with Crippen LogP contribution < -0.4 is 4.72 Å². The highest BCUT2D eigenvalue weighted by Gasteiger charge is 2.19. The molecule has 0 aliphatic rings. The van der Waals surface area contributed by atoms with Crippen molar-refractivity contribution >= 4 is 38.9 Å². The van der Waals surface area contributed by atoms with E-state index >= 15 is 0 Å². The van der Waals surface area contributed by atoms with Crippen LogP contribution in [0.2, 0.25) is 10.2 Å². The van der Waals surface area contributed by atoms with Gasteiger partial charge in [0.05, 0.1) is 10.7 Å². The molecule has 0 fully saturated rings. The first-order valence-corrected chi connectivity index (χ1v) is 6.97. The molecule has 0 saturated carbocycles. The summed E-state index contributed by atoms with van der Waals surface area (Å²) in [5.41, 5.74) is 0.180. The second kappa shape index (κ2) is 5.09. The van der Waals surface area contributed by atoms with Gasteiger partial charge < -0.3 is 0 Å². The Balaban J connectivity index is 2.40. The van der Waals surface area contributed by atoms with Gasteiger partial charge in [0.25, 0.3) is 10.0 Å². The maximum absolute atomic E-state index is 12.1. The van der Waals surface area contributed by atoms with Crippen LogP contribution in [0.5, 0.6) is 0 Å². The highest BCUT2D eigenvalue weighted by atomic mass is 35.5. The van der Waals surface area contributed by atoms with Gasteiger partial charge in [0.1, 0.15) is 4.90 Å². The first-order chi connectivity index (χ1) is 8.50. The molecule has 2 heterocycles. The van der Waals surface area contributed by atoms with Crippen molar-refractivity contribution in [2.24, 2.45) is 0 Å². The van der Waals surface area contributed by atoms with Crippen molar-refractivity contribution in [3.63, 3.8) is 0 Å². The zero-order valence-electron chi connectivity index (χ0n) is 8.84. The van der Waals surface area contributed by atoms with Crippen molar-refractivity contribution in [1.82, 2.24) is 9.97 Å². The standard InChI is InChI=1S/C10H7Cl2N3O2S/c11-7-3-5-13-6-9(7)18(16,17)15-8-2-1-4-14-10(8)12/h1-6,15H. The highest BCUT2D eigenvalue weighted by molar-refractivity contribution is 7.92. The van der Waals surface area contributed by atoms with E-state index in [4.69, 9.17) is 23.2 Å². The number of aromatic nitrogens is 2. The lowest BCUT2D eigenvalue weighted by molar-refractivity contribution is 0.601. The smallest absolute Gasteiger partial charge is 0.265 e. The van der Waals surface area contributed by atoms with E-state index in [-0.39, 0.29) is 20.8 Å². The van der Waals surface area contributed by atoms with E-state index in [1.165, 1.54) is 24.5 Å². The number of nitrogens with zero attached hydrogens (tertiary/aromatic N) is 2. The fraction of sp³-hybridized carbons (Fsp3) is 0. The lowest BCUT2D eigenvalue weighted by atomic mass is 10.4. The molecule has 94 valence electrons. The molecule has 2 aromatic heterocycles. The van der Waals surface area contributed by atoms with Crippen molar-refractivity contribution in [3.8, 4) is 0 Å². The third-order valence-corrected chi connectivity index (χ3v) is 4.16. The number of hydrogen-bond donors (Lipinski definition) is 1. The Hall–Kier alpha value is -1.37. The zero-order chi connectivity index (χ0) is 13.2. The van der Waals surface area contributed by atoms with Crippen molar-refractivity contribution in [3.05, 3.63) is 47.0 Å². The molecule has 18 heavy (non-hydrogen) atoms. The first kappa shape index (κ1) is 13.1. The Labute approximate surface area is 114 Å². The summed E-state index contributed by atoms with van der Waals surface area (Å²) in [7, 11) is -3.84. The molecule has 0 aromatic carbocycles. The van der Waals surface area contributed by atoms with Gasteiger partial charge in [0.15, 0.2) is 5.15 Å². The number of anilines is 1. The molecule has 0 spiro atoms. The van der Waals surface area contributed by atoms with Crippen molar-refractivity contribution < 1.29 is 8.42 Å². The molecule has 0 aliphatic carbocycles. The molecule has 0 saturated heterocycles. The van der Waals surface area contributed by atoms with Gasteiger partial charge in [-0.3, -0.25) is 9.71 Å². The predicted octanol–water partition coefficient (Wildman–Crippen LogP) is 2.58. The summed E-state index contributed by atoms with van der Waals surface area (Å²) in [6, 6.07) is 4.45. The summed E-state index contributed by atoms with van der Waals surface area (Å²) in [4.78, 5) is 7.37. The second-order valence-corrected chi connectivity index (χ2v) is 5.67. The largest absolute Gasteiger partial charge is 0.276 e. The number of hydrogen-bond acceptors (Lipinski definition) is 4. The topological polar surface area (TPSA) is 72.0 Å². The quantitative estimate of drug-likeness (QED) is 0.885. The second-order valence-electron chi connectivity index (χ2n) is 3.25. The average molecular weight is 304 g/mol. The van der Waals surface area contributed by atoms with Crippen molar-refractivity contribution in [2.75, 3.05) is 4.72 Å². The number of pyridine rings is 2. The van der Waals surface area contributed by atoms with E-state index in [0.29, 0.717) is 0 Å². The van der Waals surface area contributed by atoms with Gasteiger partial charge in [-0.25, -0.2) is 13.4 Å². The number of nitrogens with one attached hydrogen (secondary N) is 1. The molecule has 8 heteroatoms. The molecule has 1 N–H and O–H groups in total. The summed E-state index contributed by atoms with van der Waals surface area (Å²) >= 11 is 11.6. The fourth-order valence-corrected chi connectivity index (χ4v) is 2.94. The van der Waals surface area contributed by atoms with E-state index in [1.54, 1.807) is 6.07 Å². The van der Waals surface area contributed by atoms with E-state index in [0.717, 1.165) is 6.20 Å². The van der Waals surface area contributed by atoms with Gasteiger partial charge in [-0.2, -0.15) is 0 Å². The van der Waals surface area contributed by atoms with E-state index in [2.05, 4.69) is 14.7 Å². The Kier molecular flexibility index (Phi) is 3.70. The molecular weight excluding hydrogens is 297 g/mol. The van der Waals surface area contributed by atoms with Crippen molar-refractivity contribution in [1.29, 1.82) is 0 Å². The molecule has 2 aromatic rings. The van der Waals surface area contributed by atoms with Gasteiger partial charge >= 0.3 is 0 Å². The van der Waals surface area contributed by atoms with Gasteiger partial charge in [-0.05, 0) is 18.2 Å². The van der Waals surface area contributed by atoms with E-state index < -0.39 is 10.0 Å². The average Bonchev–Trinajstić information content (AvgIpc) is 2.32. The van der Waals surface area contributed by atoms with Crippen LogP contribution in [0.4, 0.5) is 5.69 Å². The molecule has 5 nitrogen and oxygen atoms in total. The normalized spacial score (nSPS) is 11.2. The number of sulfonamides is 1. The molecular formula is C10H7Cl2N3O2S. The van der Waals surface area contributed by atoms with Crippen LogP contribution >= 0.6 is 23.2 Å². The summed E-state index contributed by atoms with van der Waals surface area (Å²) in [5.74, 6) is 0. The summed E-state index contributed by atoms with van der Waals surface area (Å²) in [6.07, 6.45) is 4.02. The zero-order valence-corrected chi connectivity index (χ0v) is 11.2. The molecule has 0 radical (unpaired) electrons. The molecule has 0 unspecified atom stereocenters. The molecule has 2 rings (SSSR count). The van der Waals surface area contributed by atoms with Gasteiger partial charge in [0, 0.05) is 18.6 Å². The minimum absolute atomic E-state index is 0.0566. The van der Waals surface area contributed by atoms with Crippen LogP contribution in [0, 0.1) is 0 Å². The molecule has 0 bridgehead atoms. The minimum Gasteiger partial charge on any atom is -0.276 e. The Morgan fingerprint density at radius 2 is 1.94 bits per heavy atom. The van der Waals surface area contributed by atoms with Gasteiger partial charge in [-0.15, -0.1) is 0 Å².